The van der Waals surface area contributed by atoms with Crippen LogP contribution in [0.3, 0.4) is 0 Å². The van der Waals surface area contributed by atoms with Crippen LogP contribution in [0.2, 0.25) is 0 Å². The minimum Gasteiger partial charge on any atom is -0.352 e. The largest absolute Gasteiger partial charge is 0.352 e. The maximum Gasteiger partial charge on any atom is 0.253 e. The Morgan fingerprint density at radius 1 is 0.846 bits per heavy atom. The topological polar surface area (TPSA) is 61.4 Å². The van der Waals surface area contributed by atoms with Crippen molar-refractivity contribution in [2.45, 2.75) is 90.5 Å². The summed E-state index contributed by atoms with van der Waals surface area (Å²) in [4.78, 5) is 27.2. The summed E-state index contributed by atoms with van der Waals surface area (Å²) in [6.45, 7) is 6.40. The predicted octanol–water partition coefficient (Wildman–Crippen LogP) is 7.58. The van der Waals surface area contributed by atoms with E-state index in [0.717, 1.165) is 66.7 Å². The molecule has 2 aromatic rings. The highest BCUT2D eigenvalue weighted by Gasteiger charge is 2.23. The Kier molecular flexibility index (Phi) is 14.9. The zero-order valence-corrected chi connectivity index (χ0v) is 26.0. The SMILES string of the molecule is CCCCCCCCCCCCNC(=O)c1ccc(CNCC2CCN(C(=O)c3cccc(I)c3)CC2)cc1. The van der Waals surface area contributed by atoms with E-state index in [9.17, 15) is 9.59 Å². The van der Waals surface area contributed by atoms with Gasteiger partial charge in [-0.25, -0.2) is 0 Å². The van der Waals surface area contributed by atoms with E-state index in [4.69, 9.17) is 0 Å². The van der Waals surface area contributed by atoms with Crippen molar-refractivity contribution in [3.05, 3.63) is 68.8 Å². The summed E-state index contributed by atoms with van der Waals surface area (Å²) in [5, 5.41) is 6.65. The molecule has 1 aliphatic rings. The van der Waals surface area contributed by atoms with Crippen LogP contribution < -0.4 is 10.6 Å². The Morgan fingerprint density at radius 2 is 1.49 bits per heavy atom. The number of nitrogens with one attached hydrogen (secondary N) is 2. The van der Waals surface area contributed by atoms with Gasteiger partial charge in [-0.05, 0) is 90.2 Å². The van der Waals surface area contributed by atoms with Crippen molar-refractivity contribution >= 4 is 34.4 Å². The summed E-state index contributed by atoms with van der Waals surface area (Å²) in [6, 6.07) is 15.8. The summed E-state index contributed by atoms with van der Waals surface area (Å²) in [5.41, 5.74) is 2.71. The lowest BCUT2D eigenvalue weighted by Gasteiger charge is -2.32. The highest BCUT2D eigenvalue weighted by Crippen LogP contribution is 2.20. The number of benzene rings is 2. The summed E-state index contributed by atoms with van der Waals surface area (Å²) < 4.78 is 1.09. The van der Waals surface area contributed by atoms with Crippen LogP contribution in [-0.4, -0.2) is 42.9 Å². The van der Waals surface area contributed by atoms with Crippen LogP contribution in [0, 0.1) is 9.49 Å². The van der Waals surface area contributed by atoms with E-state index in [2.05, 4.69) is 40.1 Å². The Bertz CT molecular complexity index is 987. The first kappa shape index (κ1) is 31.6. The van der Waals surface area contributed by atoms with Gasteiger partial charge in [-0.15, -0.1) is 0 Å². The molecule has 2 N–H and O–H groups in total. The number of likely N-dealkylation sites (tertiary alicyclic amines) is 1. The summed E-state index contributed by atoms with van der Waals surface area (Å²) in [7, 11) is 0. The number of unbranched alkanes of at least 4 members (excludes halogenated alkanes) is 9. The molecule has 0 bridgehead atoms. The molecule has 0 spiro atoms. The second-order valence-corrected chi connectivity index (χ2v) is 12.3. The fraction of sp³-hybridized carbons (Fsp3) is 0.576. The quantitative estimate of drug-likeness (QED) is 0.138. The van der Waals surface area contributed by atoms with Crippen LogP contribution in [-0.2, 0) is 6.54 Å². The van der Waals surface area contributed by atoms with E-state index >= 15 is 0 Å². The summed E-state index contributed by atoms with van der Waals surface area (Å²) >= 11 is 2.25. The first-order valence-electron chi connectivity index (χ1n) is 15.2. The van der Waals surface area contributed by atoms with Crippen LogP contribution in [0.1, 0.15) is 110 Å². The maximum absolute atomic E-state index is 12.8. The van der Waals surface area contributed by atoms with Gasteiger partial charge in [0, 0.05) is 40.9 Å². The lowest BCUT2D eigenvalue weighted by atomic mass is 9.96. The van der Waals surface area contributed by atoms with Crippen LogP contribution in [0.25, 0.3) is 0 Å². The Morgan fingerprint density at radius 3 is 2.13 bits per heavy atom. The molecule has 1 aliphatic heterocycles. The minimum atomic E-state index is 0.0250. The van der Waals surface area contributed by atoms with Gasteiger partial charge in [0.2, 0.25) is 0 Å². The monoisotopic (exact) mass is 645 g/mol. The third-order valence-corrected chi connectivity index (χ3v) is 8.44. The highest BCUT2D eigenvalue weighted by molar-refractivity contribution is 14.1. The predicted molar refractivity (Wildman–Crippen MR) is 170 cm³/mol. The van der Waals surface area contributed by atoms with Crippen molar-refractivity contribution in [2.24, 2.45) is 5.92 Å². The number of nitrogens with zero attached hydrogens (tertiary/aromatic N) is 1. The summed E-state index contributed by atoms with van der Waals surface area (Å²) in [6.07, 6.45) is 15.1. The number of amides is 2. The molecule has 0 unspecified atom stereocenters. The number of piperidine rings is 1. The van der Waals surface area contributed by atoms with E-state index in [1.807, 2.05) is 53.4 Å². The number of hydrogen-bond acceptors (Lipinski definition) is 3. The van der Waals surface area contributed by atoms with E-state index in [1.165, 1.54) is 63.4 Å². The van der Waals surface area contributed by atoms with E-state index in [0.29, 0.717) is 5.92 Å². The molecule has 3 rings (SSSR count). The molecule has 6 heteroatoms. The maximum atomic E-state index is 12.8. The van der Waals surface area contributed by atoms with Gasteiger partial charge in [0.1, 0.15) is 0 Å². The first-order valence-corrected chi connectivity index (χ1v) is 16.3. The molecule has 2 amide bonds. The van der Waals surface area contributed by atoms with Gasteiger partial charge >= 0.3 is 0 Å². The molecule has 39 heavy (non-hydrogen) atoms. The van der Waals surface area contributed by atoms with E-state index in [-0.39, 0.29) is 11.8 Å². The summed E-state index contributed by atoms with van der Waals surface area (Å²) in [5.74, 6) is 0.755. The molecule has 0 atom stereocenters. The lowest BCUT2D eigenvalue weighted by Crippen LogP contribution is -2.40. The second-order valence-electron chi connectivity index (χ2n) is 11.0. The van der Waals surface area contributed by atoms with Crippen LogP contribution in [0.5, 0.6) is 0 Å². The number of carbonyl (C=O) groups is 2. The van der Waals surface area contributed by atoms with E-state index < -0.39 is 0 Å². The number of halogens is 1. The fourth-order valence-electron chi connectivity index (χ4n) is 5.26. The van der Waals surface area contributed by atoms with Crippen molar-refractivity contribution < 1.29 is 9.59 Å². The van der Waals surface area contributed by atoms with Crippen molar-refractivity contribution in [2.75, 3.05) is 26.2 Å². The third-order valence-electron chi connectivity index (χ3n) is 7.77. The molecule has 1 heterocycles. The number of rotatable bonds is 17. The van der Waals surface area contributed by atoms with Gasteiger partial charge in [0.15, 0.2) is 0 Å². The third kappa shape index (κ3) is 12.0. The Balaban J connectivity index is 1.23. The molecule has 1 saturated heterocycles. The molecular formula is C33H48IN3O2. The zero-order chi connectivity index (χ0) is 27.7. The number of hydrogen-bond donors (Lipinski definition) is 2. The van der Waals surface area contributed by atoms with Crippen LogP contribution >= 0.6 is 22.6 Å². The standard InChI is InChI=1S/C33H48IN3O2/c1-2-3-4-5-6-7-8-9-10-11-21-36-32(38)29-17-15-27(16-18-29)25-35-26-28-19-22-37(23-20-28)33(39)30-13-12-14-31(34)24-30/h12-18,24,28,35H,2-11,19-23,25-26H2,1H3,(H,36,38). The molecule has 2 aromatic carbocycles. The smallest absolute Gasteiger partial charge is 0.253 e. The molecular weight excluding hydrogens is 597 g/mol. The van der Waals surface area contributed by atoms with Crippen LogP contribution in [0.15, 0.2) is 48.5 Å². The molecule has 0 saturated carbocycles. The first-order chi connectivity index (χ1) is 19.1. The van der Waals surface area contributed by atoms with Gasteiger partial charge in [-0.1, -0.05) is 82.9 Å². The van der Waals surface area contributed by atoms with E-state index in [1.54, 1.807) is 0 Å². The molecule has 0 aliphatic carbocycles. The van der Waals surface area contributed by atoms with Crippen molar-refractivity contribution in [3.63, 3.8) is 0 Å². The molecule has 0 aromatic heterocycles. The molecule has 1 fully saturated rings. The second kappa shape index (κ2) is 18.4. The van der Waals surface area contributed by atoms with Crippen molar-refractivity contribution in [3.8, 4) is 0 Å². The highest BCUT2D eigenvalue weighted by atomic mass is 127. The molecule has 0 radical (unpaired) electrons. The molecule has 214 valence electrons. The van der Waals surface area contributed by atoms with Crippen LogP contribution in [0.4, 0.5) is 0 Å². The van der Waals surface area contributed by atoms with Gasteiger partial charge in [-0.3, -0.25) is 9.59 Å². The lowest BCUT2D eigenvalue weighted by molar-refractivity contribution is 0.0689. The van der Waals surface area contributed by atoms with Crippen molar-refractivity contribution in [1.82, 2.24) is 15.5 Å². The Labute approximate surface area is 250 Å². The van der Waals surface area contributed by atoms with Gasteiger partial charge in [-0.2, -0.15) is 0 Å². The normalized spacial score (nSPS) is 13.9. The average Bonchev–Trinajstić information content (AvgIpc) is 2.96. The molecule has 5 nitrogen and oxygen atoms in total. The minimum absolute atomic E-state index is 0.0250. The van der Waals surface area contributed by atoms with Crippen molar-refractivity contribution in [1.29, 1.82) is 0 Å². The van der Waals surface area contributed by atoms with Gasteiger partial charge in [0.05, 0.1) is 0 Å². The van der Waals surface area contributed by atoms with Gasteiger partial charge < -0.3 is 15.5 Å². The number of carbonyl (C=O) groups excluding carboxylic acids is 2. The zero-order valence-electron chi connectivity index (χ0n) is 23.9. The fourth-order valence-corrected chi connectivity index (χ4v) is 5.80. The Hall–Kier alpha value is -1.93. The average molecular weight is 646 g/mol. The van der Waals surface area contributed by atoms with Gasteiger partial charge in [0.25, 0.3) is 11.8 Å².